The number of esters is 1. The second kappa shape index (κ2) is 9.46. The lowest BCUT2D eigenvalue weighted by Gasteiger charge is -2.17. The van der Waals surface area contributed by atoms with Crippen molar-refractivity contribution in [3.63, 3.8) is 0 Å². The molecule has 1 saturated heterocycles. The zero-order valence-corrected chi connectivity index (χ0v) is 20.4. The van der Waals surface area contributed by atoms with E-state index in [1.165, 1.54) is 4.90 Å². The summed E-state index contributed by atoms with van der Waals surface area (Å²) >= 11 is 9.47. The summed E-state index contributed by atoms with van der Waals surface area (Å²) < 4.78 is 5.94. The van der Waals surface area contributed by atoms with E-state index in [4.69, 9.17) is 17.0 Å². The fourth-order valence-electron chi connectivity index (χ4n) is 3.41. The van der Waals surface area contributed by atoms with E-state index in [9.17, 15) is 19.2 Å². The van der Waals surface area contributed by atoms with Gasteiger partial charge in [0, 0.05) is 15.7 Å². The van der Waals surface area contributed by atoms with Gasteiger partial charge in [0.2, 0.25) is 5.91 Å². The van der Waals surface area contributed by atoms with E-state index in [0.717, 1.165) is 16.2 Å². The van der Waals surface area contributed by atoms with Crippen molar-refractivity contribution in [3.8, 4) is 0 Å². The number of ether oxygens (including phenoxy) is 1. The molecule has 0 unspecified atom stereocenters. The lowest BCUT2D eigenvalue weighted by molar-refractivity contribution is -0.118. The fourth-order valence-corrected chi connectivity index (χ4v) is 4.88. The zero-order chi connectivity index (χ0) is 23.7. The SMILES string of the molecule is CCOC(=O)c1ccc(NC(=O)CN2C(=O)/C(=C3/SC(=S)NC3=O)c3cc(Br)ccc32)cc1. The highest BCUT2D eigenvalue weighted by Gasteiger charge is 2.39. The number of carbonyl (C=O) groups excluding carboxylic acids is 4. The van der Waals surface area contributed by atoms with Gasteiger partial charge in [0.15, 0.2) is 0 Å². The third-order valence-electron chi connectivity index (χ3n) is 4.80. The first-order chi connectivity index (χ1) is 15.8. The summed E-state index contributed by atoms with van der Waals surface area (Å²) in [4.78, 5) is 51.6. The predicted molar refractivity (Wildman–Crippen MR) is 133 cm³/mol. The first-order valence-electron chi connectivity index (χ1n) is 9.74. The zero-order valence-electron chi connectivity index (χ0n) is 17.1. The van der Waals surface area contributed by atoms with Crippen LogP contribution < -0.4 is 15.5 Å². The highest BCUT2D eigenvalue weighted by molar-refractivity contribution is 9.10. The summed E-state index contributed by atoms with van der Waals surface area (Å²) in [5.41, 5.74) is 2.10. The number of halogens is 1. The Morgan fingerprint density at radius 3 is 2.55 bits per heavy atom. The topological polar surface area (TPSA) is 105 Å². The third-order valence-corrected chi connectivity index (χ3v) is 6.53. The molecule has 2 aliphatic rings. The molecule has 0 spiro atoms. The van der Waals surface area contributed by atoms with Gasteiger partial charge in [0.05, 0.1) is 28.3 Å². The molecule has 8 nitrogen and oxygen atoms in total. The standard InChI is InChI=1S/C22H16BrN3O5S2/c1-2-31-21(30)11-3-6-13(7-4-11)24-16(27)10-26-15-8-5-12(23)9-14(15)17(20(26)29)18-19(28)25-22(32)33-18/h3-9H,2,10H2,1H3,(H,24,27)(H,25,28,32)/b18-17+. The number of thioether (sulfide) groups is 1. The van der Waals surface area contributed by atoms with Crippen LogP contribution in [0.25, 0.3) is 5.57 Å². The number of hydrogen-bond acceptors (Lipinski definition) is 7. The molecule has 0 radical (unpaired) electrons. The molecule has 0 aliphatic carbocycles. The summed E-state index contributed by atoms with van der Waals surface area (Å²) in [6.45, 7) is 1.72. The van der Waals surface area contributed by atoms with Crippen molar-refractivity contribution < 1.29 is 23.9 Å². The van der Waals surface area contributed by atoms with E-state index < -0.39 is 23.7 Å². The summed E-state index contributed by atoms with van der Waals surface area (Å²) in [6.07, 6.45) is 0. The Morgan fingerprint density at radius 1 is 1.18 bits per heavy atom. The highest BCUT2D eigenvalue weighted by Crippen LogP contribution is 2.43. The van der Waals surface area contributed by atoms with Gasteiger partial charge < -0.3 is 15.4 Å². The molecule has 11 heteroatoms. The molecule has 2 aromatic carbocycles. The number of hydrogen-bond donors (Lipinski definition) is 2. The van der Waals surface area contributed by atoms with Gasteiger partial charge in [0.1, 0.15) is 10.9 Å². The van der Waals surface area contributed by atoms with E-state index in [-0.39, 0.29) is 28.0 Å². The molecule has 2 heterocycles. The molecule has 2 aliphatic heterocycles. The van der Waals surface area contributed by atoms with Crippen molar-refractivity contribution in [1.82, 2.24) is 5.32 Å². The molecule has 0 bridgehead atoms. The highest BCUT2D eigenvalue weighted by atomic mass is 79.9. The van der Waals surface area contributed by atoms with Gasteiger partial charge in [-0.25, -0.2) is 4.79 Å². The number of nitrogens with one attached hydrogen (secondary N) is 2. The molecule has 4 rings (SSSR count). The number of nitrogens with zero attached hydrogens (tertiary/aromatic N) is 1. The smallest absolute Gasteiger partial charge is 0.338 e. The molecule has 3 amide bonds. The molecule has 0 atom stereocenters. The van der Waals surface area contributed by atoms with E-state index in [0.29, 0.717) is 22.5 Å². The summed E-state index contributed by atoms with van der Waals surface area (Å²) in [5.74, 6) is -1.79. The minimum atomic E-state index is -0.460. The quantitative estimate of drug-likeness (QED) is 0.336. The number of anilines is 2. The Bertz CT molecular complexity index is 1240. The van der Waals surface area contributed by atoms with Crippen LogP contribution in [0, 0.1) is 0 Å². The van der Waals surface area contributed by atoms with Crippen molar-refractivity contribution in [2.45, 2.75) is 6.92 Å². The van der Waals surface area contributed by atoms with Crippen molar-refractivity contribution in [2.75, 3.05) is 23.4 Å². The van der Waals surface area contributed by atoms with Crippen molar-refractivity contribution in [2.24, 2.45) is 0 Å². The van der Waals surface area contributed by atoms with E-state index in [2.05, 4.69) is 26.6 Å². The van der Waals surface area contributed by atoms with E-state index in [1.54, 1.807) is 49.4 Å². The molecule has 168 valence electrons. The summed E-state index contributed by atoms with van der Waals surface area (Å²) in [6, 6.07) is 11.4. The Labute approximate surface area is 206 Å². The second-order valence-electron chi connectivity index (χ2n) is 6.95. The maximum atomic E-state index is 13.3. The molecule has 0 saturated carbocycles. The van der Waals surface area contributed by atoms with Gasteiger partial charge in [-0.1, -0.05) is 39.9 Å². The van der Waals surface area contributed by atoms with Gasteiger partial charge >= 0.3 is 5.97 Å². The lowest BCUT2D eigenvalue weighted by atomic mass is 10.1. The van der Waals surface area contributed by atoms with Gasteiger partial charge in [0.25, 0.3) is 11.8 Å². The van der Waals surface area contributed by atoms with E-state index in [1.807, 2.05) is 0 Å². The molecule has 2 N–H and O–H groups in total. The Balaban J connectivity index is 1.56. The van der Waals surface area contributed by atoms with Crippen LogP contribution in [0.2, 0.25) is 0 Å². The fraction of sp³-hybridized carbons (Fsp3) is 0.136. The molecule has 2 aromatic rings. The Morgan fingerprint density at radius 2 is 1.91 bits per heavy atom. The first-order valence-corrected chi connectivity index (χ1v) is 11.8. The molecule has 0 aromatic heterocycles. The third kappa shape index (κ3) is 4.70. The first kappa shape index (κ1) is 23.1. The number of fused-ring (bicyclic) bond motifs is 1. The number of benzene rings is 2. The normalized spacial score (nSPS) is 17.2. The number of thiocarbonyl (C=S) groups is 1. The molecule has 33 heavy (non-hydrogen) atoms. The predicted octanol–water partition coefficient (Wildman–Crippen LogP) is 3.47. The van der Waals surface area contributed by atoms with Crippen LogP contribution in [0.4, 0.5) is 11.4 Å². The van der Waals surface area contributed by atoms with Crippen LogP contribution in [0.1, 0.15) is 22.8 Å². The minimum Gasteiger partial charge on any atom is -0.462 e. The van der Waals surface area contributed by atoms with Gasteiger partial charge in [-0.05, 0) is 49.4 Å². The van der Waals surface area contributed by atoms with Gasteiger partial charge in [-0.2, -0.15) is 0 Å². The second-order valence-corrected chi connectivity index (χ2v) is 9.55. The van der Waals surface area contributed by atoms with Crippen molar-refractivity contribution >= 4 is 84.9 Å². The maximum Gasteiger partial charge on any atom is 0.338 e. The van der Waals surface area contributed by atoms with Gasteiger partial charge in [-0.3, -0.25) is 19.3 Å². The minimum absolute atomic E-state index is 0.209. The molecular weight excluding hydrogens is 530 g/mol. The van der Waals surface area contributed by atoms with Crippen LogP contribution in [0.3, 0.4) is 0 Å². The number of rotatable bonds is 5. The van der Waals surface area contributed by atoms with Gasteiger partial charge in [-0.15, -0.1) is 0 Å². The Kier molecular flexibility index (Phi) is 6.63. The summed E-state index contributed by atoms with van der Waals surface area (Å²) in [7, 11) is 0. The Hall–Kier alpha value is -3.02. The lowest BCUT2D eigenvalue weighted by Crippen LogP contribution is -2.35. The van der Waals surface area contributed by atoms with Crippen LogP contribution >= 0.6 is 39.9 Å². The van der Waals surface area contributed by atoms with Crippen molar-refractivity contribution in [3.05, 3.63) is 63.0 Å². The maximum absolute atomic E-state index is 13.3. The van der Waals surface area contributed by atoms with Crippen LogP contribution in [-0.2, 0) is 19.1 Å². The van der Waals surface area contributed by atoms with Crippen molar-refractivity contribution in [1.29, 1.82) is 0 Å². The summed E-state index contributed by atoms with van der Waals surface area (Å²) in [5, 5.41) is 5.24. The average Bonchev–Trinajstić information content (AvgIpc) is 3.23. The monoisotopic (exact) mass is 545 g/mol. The van der Waals surface area contributed by atoms with E-state index >= 15 is 0 Å². The molecule has 1 fully saturated rings. The average molecular weight is 546 g/mol. The molecular formula is C22H16BrN3O5S2. The van der Waals surface area contributed by atoms with Crippen LogP contribution in [-0.4, -0.2) is 41.2 Å². The van der Waals surface area contributed by atoms with Crippen LogP contribution in [0.15, 0.2) is 51.8 Å². The number of amides is 3. The van der Waals surface area contributed by atoms with Crippen LogP contribution in [0.5, 0.6) is 0 Å². The number of carbonyl (C=O) groups is 4. The largest absolute Gasteiger partial charge is 0.462 e.